The molecule has 4 heteroatoms. The molecule has 0 saturated carbocycles. The van der Waals surface area contributed by atoms with Gasteiger partial charge in [0.2, 0.25) is 0 Å². The van der Waals surface area contributed by atoms with E-state index in [0.29, 0.717) is 0 Å². The third kappa shape index (κ3) is 3.88. The second-order valence-electron chi connectivity index (χ2n) is 4.25. The molecule has 0 aliphatic carbocycles. The van der Waals surface area contributed by atoms with Crippen molar-refractivity contribution in [3.8, 4) is 0 Å². The molecule has 1 aromatic carbocycles. The molecule has 0 spiro atoms. The van der Waals surface area contributed by atoms with Crippen LogP contribution in [0.3, 0.4) is 0 Å². The topological polar surface area (TPSA) is 12.0 Å². The van der Waals surface area contributed by atoms with E-state index in [0.717, 1.165) is 18.2 Å². The van der Waals surface area contributed by atoms with E-state index in [4.69, 9.17) is 0 Å². The lowest BCUT2D eigenvalue weighted by molar-refractivity contribution is -0.137. The van der Waals surface area contributed by atoms with Crippen LogP contribution in [0.25, 0.3) is 6.08 Å². The summed E-state index contributed by atoms with van der Waals surface area (Å²) in [7, 11) is 0. The van der Waals surface area contributed by atoms with Crippen molar-refractivity contribution in [1.82, 2.24) is 5.32 Å². The Kier molecular flexibility index (Phi) is 4.96. The molecule has 1 nitrogen and oxygen atoms in total. The molecule has 0 aliphatic heterocycles. The Morgan fingerprint density at radius 1 is 1.33 bits per heavy atom. The van der Waals surface area contributed by atoms with Gasteiger partial charge in [-0.3, -0.25) is 0 Å². The van der Waals surface area contributed by atoms with Gasteiger partial charge in [0.05, 0.1) is 5.56 Å². The van der Waals surface area contributed by atoms with Crippen LogP contribution in [0, 0.1) is 0 Å². The molecule has 1 rings (SSSR count). The number of halogens is 3. The molecule has 0 heterocycles. The monoisotopic (exact) mass is 257 g/mol. The van der Waals surface area contributed by atoms with E-state index in [9.17, 15) is 13.2 Å². The van der Waals surface area contributed by atoms with Gasteiger partial charge >= 0.3 is 6.18 Å². The second-order valence-corrected chi connectivity index (χ2v) is 4.25. The number of hydrogen-bond donors (Lipinski definition) is 1. The molecule has 18 heavy (non-hydrogen) atoms. The molecule has 0 aliphatic rings. The Labute approximate surface area is 106 Å². The first-order valence-corrected chi connectivity index (χ1v) is 5.94. The van der Waals surface area contributed by atoms with Crippen LogP contribution >= 0.6 is 0 Å². The van der Waals surface area contributed by atoms with Gasteiger partial charge < -0.3 is 5.32 Å². The minimum absolute atomic E-state index is 0.0660. The minimum Gasteiger partial charge on any atom is -0.311 e. The highest BCUT2D eigenvalue weighted by atomic mass is 19.4. The first-order chi connectivity index (χ1) is 8.36. The number of benzene rings is 1. The highest BCUT2D eigenvalue weighted by Gasteiger charge is 2.32. The van der Waals surface area contributed by atoms with Crippen LogP contribution in [0.15, 0.2) is 29.8 Å². The Morgan fingerprint density at radius 3 is 2.50 bits per heavy atom. The Bertz CT molecular complexity index is 421. The Balaban J connectivity index is 3.07. The summed E-state index contributed by atoms with van der Waals surface area (Å²) in [6.45, 7) is 6.52. The van der Waals surface area contributed by atoms with Gasteiger partial charge in [-0.1, -0.05) is 36.8 Å². The summed E-state index contributed by atoms with van der Waals surface area (Å²) < 4.78 is 38.4. The molecule has 1 N–H and O–H groups in total. The molecular formula is C14H18F3N. The van der Waals surface area contributed by atoms with Gasteiger partial charge in [-0.25, -0.2) is 0 Å². The largest absolute Gasteiger partial charge is 0.416 e. The highest BCUT2D eigenvalue weighted by molar-refractivity contribution is 5.58. The molecule has 1 unspecified atom stereocenters. The molecular weight excluding hydrogens is 239 g/mol. The van der Waals surface area contributed by atoms with Crippen LogP contribution < -0.4 is 5.32 Å². The van der Waals surface area contributed by atoms with Crippen LogP contribution in [0.1, 0.15) is 31.9 Å². The van der Waals surface area contributed by atoms with Crippen molar-refractivity contribution >= 4 is 6.08 Å². The lowest BCUT2D eigenvalue weighted by Gasteiger charge is -2.15. The predicted octanol–water partition coefficient (Wildman–Crippen LogP) is 4.11. The second kappa shape index (κ2) is 6.05. The summed E-state index contributed by atoms with van der Waals surface area (Å²) in [6, 6.07) is 5.69. The number of likely N-dealkylation sites (N-methyl/N-ethyl adjacent to an activating group) is 1. The SMILES string of the molecule is CCNC(C)/C(C)=C/c1ccccc1C(F)(F)F. The zero-order valence-corrected chi connectivity index (χ0v) is 10.8. The lowest BCUT2D eigenvalue weighted by atomic mass is 10.0. The first kappa shape index (κ1) is 14.8. The smallest absolute Gasteiger partial charge is 0.311 e. The van der Waals surface area contributed by atoms with Crippen LogP contribution in [-0.4, -0.2) is 12.6 Å². The summed E-state index contributed by atoms with van der Waals surface area (Å²) in [5.41, 5.74) is 0.508. The average Bonchev–Trinajstić information content (AvgIpc) is 2.28. The Hall–Kier alpha value is -1.29. The van der Waals surface area contributed by atoms with Crippen LogP contribution in [0.2, 0.25) is 0 Å². The van der Waals surface area contributed by atoms with E-state index in [1.54, 1.807) is 12.1 Å². The normalized spacial score (nSPS) is 14.7. The third-order valence-electron chi connectivity index (χ3n) is 2.84. The van der Waals surface area contributed by atoms with E-state index in [-0.39, 0.29) is 11.6 Å². The van der Waals surface area contributed by atoms with Gasteiger partial charge in [0.1, 0.15) is 0 Å². The van der Waals surface area contributed by atoms with E-state index in [1.165, 1.54) is 12.1 Å². The summed E-state index contributed by atoms with van der Waals surface area (Å²) in [6.07, 6.45) is -2.72. The number of rotatable bonds is 4. The zero-order valence-electron chi connectivity index (χ0n) is 10.8. The molecule has 100 valence electrons. The van der Waals surface area contributed by atoms with Gasteiger partial charge in [0.25, 0.3) is 0 Å². The number of hydrogen-bond acceptors (Lipinski definition) is 1. The van der Waals surface area contributed by atoms with Gasteiger partial charge in [0, 0.05) is 6.04 Å². The van der Waals surface area contributed by atoms with Crippen molar-refractivity contribution in [3.63, 3.8) is 0 Å². The molecule has 0 bridgehead atoms. The van der Waals surface area contributed by atoms with Gasteiger partial charge in [-0.05, 0) is 32.0 Å². The van der Waals surface area contributed by atoms with Crippen molar-refractivity contribution in [3.05, 3.63) is 41.0 Å². The van der Waals surface area contributed by atoms with E-state index < -0.39 is 11.7 Å². The van der Waals surface area contributed by atoms with E-state index in [1.807, 2.05) is 20.8 Å². The summed E-state index contributed by atoms with van der Waals surface area (Å²) in [5.74, 6) is 0. The fourth-order valence-electron chi connectivity index (χ4n) is 1.72. The molecule has 0 saturated heterocycles. The van der Waals surface area contributed by atoms with Crippen molar-refractivity contribution in [2.45, 2.75) is 33.0 Å². The van der Waals surface area contributed by atoms with Gasteiger partial charge in [-0.15, -0.1) is 0 Å². The van der Waals surface area contributed by atoms with Crippen molar-refractivity contribution < 1.29 is 13.2 Å². The quantitative estimate of drug-likeness (QED) is 0.856. The molecule has 0 amide bonds. The average molecular weight is 257 g/mol. The van der Waals surface area contributed by atoms with E-state index >= 15 is 0 Å². The van der Waals surface area contributed by atoms with Gasteiger partial charge in [-0.2, -0.15) is 13.2 Å². The lowest BCUT2D eigenvalue weighted by Crippen LogP contribution is -2.26. The standard InChI is InChI=1S/C14H18F3N/c1-4-18-11(3)10(2)9-12-7-5-6-8-13(12)14(15,16)17/h5-9,11,18H,4H2,1-3H3/b10-9+. The molecule has 0 aromatic heterocycles. The van der Waals surface area contributed by atoms with Crippen molar-refractivity contribution in [2.75, 3.05) is 6.54 Å². The highest BCUT2D eigenvalue weighted by Crippen LogP contribution is 2.32. The van der Waals surface area contributed by atoms with E-state index in [2.05, 4.69) is 5.32 Å². The zero-order chi connectivity index (χ0) is 13.8. The Morgan fingerprint density at radius 2 is 1.94 bits per heavy atom. The predicted molar refractivity (Wildman–Crippen MR) is 68.2 cm³/mol. The van der Waals surface area contributed by atoms with Gasteiger partial charge in [0.15, 0.2) is 0 Å². The van der Waals surface area contributed by atoms with Crippen LogP contribution in [0.5, 0.6) is 0 Å². The molecule has 1 aromatic rings. The summed E-state index contributed by atoms with van der Waals surface area (Å²) in [4.78, 5) is 0. The van der Waals surface area contributed by atoms with Crippen LogP contribution in [-0.2, 0) is 6.18 Å². The number of nitrogens with one attached hydrogen (secondary N) is 1. The summed E-state index contributed by atoms with van der Waals surface area (Å²) in [5, 5.41) is 3.17. The third-order valence-corrected chi connectivity index (χ3v) is 2.84. The minimum atomic E-state index is -4.31. The number of alkyl halides is 3. The maximum atomic E-state index is 12.8. The molecule has 1 atom stereocenters. The van der Waals surface area contributed by atoms with Crippen LogP contribution in [0.4, 0.5) is 13.2 Å². The fourth-order valence-corrected chi connectivity index (χ4v) is 1.72. The molecule has 0 fully saturated rings. The molecule has 0 radical (unpaired) electrons. The maximum absolute atomic E-state index is 12.8. The fraction of sp³-hybridized carbons (Fsp3) is 0.429. The maximum Gasteiger partial charge on any atom is 0.416 e. The van der Waals surface area contributed by atoms with Crippen molar-refractivity contribution in [2.24, 2.45) is 0 Å². The van der Waals surface area contributed by atoms with Crippen molar-refractivity contribution in [1.29, 1.82) is 0 Å². The summed E-state index contributed by atoms with van der Waals surface area (Å²) >= 11 is 0. The first-order valence-electron chi connectivity index (χ1n) is 5.94.